The Morgan fingerprint density at radius 3 is 1.93 bits per heavy atom. The predicted molar refractivity (Wildman–Crippen MR) is 107 cm³/mol. The molecular weight excluding hydrogens is 396 g/mol. The average molecular weight is 430 g/mol. The second-order valence-corrected chi connectivity index (χ2v) is 6.99. The molecule has 3 amide bonds. The lowest BCUT2D eigenvalue weighted by atomic mass is 10.1. The Hall–Kier alpha value is -1.88. The number of carbonyl (C=O) groups is 4. The fraction of sp³-hybridized carbons (Fsp3) is 0.800. The van der Waals surface area contributed by atoms with E-state index in [0.29, 0.717) is 65.8 Å². The van der Waals surface area contributed by atoms with E-state index in [-0.39, 0.29) is 48.8 Å². The van der Waals surface area contributed by atoms with Crippen LogP contribution in [-0.4, -0.2) is 94.3 Å². The Labute approximate surface area is 177 Å². The topological polar surface area (TPSA) is 120 Å². The molecule has 0 unspecified atom stereocenters. The number of hydrogen-bond acceptors (Lipinski definition) is 8. The van der Waals surface area contributed by atoms with Gasteiger partial charge in [-0.3, -0.25) is 24.1 Å². The smallest absolute Gasteiger partial charge is 0.232 e. The van der Waals surface area contributed by atoms with Crippen LogP contribution >= 0.6 is 0 Å². The lowest BCUT2D eigenvalue weighted by Gasteiger charge is -2.14. The summed E-state index contributed by atoms with van der Waals surface area (Å²) in [5, 5.41) is 2.69. The highest BCUT2D eigenvalue weighted by Gasteiger charge is 2.35. The highest BCUT2D eigenvalue weighted by molar-refractivity contribution is 6.03. The maximum Gasteiger partial charge on any atom is 0.232 e. The zero-order valence-electron chi connectivity index (χ0n) is 18.0. The Morgan fingerprint density at radius 2 is 1.43 bits per heavy atom. The summed E-state index contributed by atoms with van der Waals surface area (Å²) < 4.78 is 21.3. The number of imide groups is 1. The molecule has 0 spiro atoms. The fourth-order valence-corrected chi connectivity index (χ4v) is 2.63. The number of nitrogens with one attached hydrogen (secondary N) is 1. The van der Waals surface area contributed by atoms with E-state index in [1.807, 2.05) is 0 Å². The van der Waals surface area contributed by atoms with Crippen molar-refractivity contribution >= 4 is 23.5 Å². The van der Waals surface area contributed by atoms with Crippen molar-refractivity contribution in [1.29, 1.82) is 0 Å². The molecule has 0 aromatic carbocycles. The van der Waals surface area contributed by atoms with Crippen molar-refractivity contribution in [3.63, 3.8) is 0 Å². The minimum absolute atomic E-state index is 0.0923. The molecule has 1 aliphatic heterocycles. The maximum atomic E-state index is 11.8. The first-order valence-corrected chi connectivity index (χ1v) is 10.3. The van der Waals surface area contributed by atoms with E-state index in [1.54, 1.807) is 6.92 Å². The Kier molecular flexibility index (Phi) is 13.9. The quantitative estimate of drug-likeness (QED) is 0.237. The summed E-state index contributed by atoms with van der Waals surface area (Å²) in [4.78, 5) is 47.0. The van der Waals surface area contributed by atoms with E-state index < -0.39 is 0 Å². The highest BCUT2D eigenvalue weighted by atomic mass is 16.6. The molecule has 0 bridgehead atoms. The molecule has 0 aromatic heterocycles. The number of carbonyl (C=O) groups excluding carboxylic acids is 4. The van der Waals surface area contributed by atoms with Crippen molar-refractivity contribution in [2.24, 2.45) is 5.92 Å². The first-order chi connectivity index (χ1) is 14.4. The normalized spacial score (nSPS) is 16.3. The average Bonchev–Trinajstić information content (AvgIpc) is 2.94. The monoisotopic (exact) mass is 430 g/mol. The van der Waals surface area contributed by atoms with Gasteiger partial charge in [-0.25, -0.2) is 0 Å². The fourth-order valence-electron chi connectivity index (χ4n) is 2.63. The molecule has 0 aromatic rings. The van der Waals surface area contributed by atoms with Gasteiger partial charge in [-0.1, -0.05) is 6.92 Å². The molecule has 0 aliphatic carbocycles. The number of ketones is 1. The summed E-state index contributed by atoms with van der Waals surface area (Å²) in [6.45, 7) is 7.11. The summed E-state index contributed by atoms with van der Waals surface area (Å²) in [6, 6.07) is 0. The predicted octanol–water partition coefficient (Wildman–Crippen LogP) is -0.0668. The number of amides is 3. The van der Waals surface area contributed by atoms with Crippen LogP contribution in [-0.2, 0) is 38.1 Å². The molecular formula is C20H34N2O8. The summed E-state index contributed by atoms with van der Waals surface area (Å²) in [6.07, 6.45) is 0.737. The first-order valence-electron chi connectivity index (χ1n) is 10.3. The zero-order valence-corrected chi connectivity index (χ0v) is 18.0. The molecule has 1 N–H and O–H groups in total. The molecule has 1 heterocycles. The number of Topliss-reactive ketones (excluding diaryl/α,β-unsaturated/α-hetero) is 1. The van der Waals surface area contributed by atoms with Crippen molar-refractivity contribution in [2.45, 2.75) is 33.1 Å². The Balaban J connectivity index is 1.83. The van der Waals surface area contributed by atoms with Crippen LogP contribution in [0.5, 0.6) is 0 Å². The van der Waals surface area contributed by atoms with Crippen LogP contribution in [0.1, 0.15) is 33.1 Å². The van der Waals surface area contributed by atoms with E-state index in [1.165, 1.54) is 6.92 Å². The van der Waals surface area contributed by atoms with Crippen LogP contribution in [0.4, 0.5) is 0 Å². The van der Waals surface area contributed by atoms with Crippen molar-refractivity contribution in [1.82, 2.24) is 10.2 Å². The van der Waals surface area contributed by atoms with Gasteiger partial charge in [0.2, 0.25) is 17.7 Å². The molecule has 1 fully saturated rings. The molecule has 0 radical (unpaired) electrons. The molecule has 1 saturated heterocycles. The van der Waals surface area contributed by atoms with Crippen LogP contribution in [0.15, 0.2) is 0 Å². The molecule has 0 saturated carbocycles. The van der Waals surface area contributed by atoms with Gasteiger partial charge in [0.05, 0.1) is 52.9 Å². The highest BCUT2D eigenvalue weighted by Crippen LogP contribution is 2.18. The number of rotatable bonds is 18. The van der Waals surface area contributed by atoms with E-state index in [0.717, 1.165) is 4.90 Å². The molecule has 30 heavy (non-hydrogen) atoms. The van der Waals surface area contributed by atoms with E-state index in [9.17, 15) is 19.2 Å². The second kappa shape index (κ2) is 15.9. The van der Waals surface area contributed by atoms with Gasteiger partial charge in [-0.2, -0.15) is 0 Å². The van der Waals surface area contributed by atoms with E-state index in [4.69, 9.17) is 18.9 Å². The Morgan fingerprint density at radius 1 is 0.900 bits per heavy atom. The van der Waals surface area contributed by atoms with Gasteiger partial charge in [0.25, 0.3) is 0 Å². The Bertz CT molecular complexity index is 555. The molecule has 1 rings (SSSR count). The van der Waals surface area contributed by atoms with Crippen LogP contribution in [0.25, 0.3) is 0 Å². The van der Waals surface area contributed by atoms with E-state index in [2.05, 4.69) is 5.32 Å². The van der Waals surface area contributed by atoms with Crippen molar-refractivity contribution in [2.75, 3.05) is 65.9 Å². The van der Waals surface area contributed by atoms with Crippen molar-refractivity contribution in [3.8, 4) is 0 Å². The standard InChI is InChI=1S/C20H34N2O8/c1-16-15-19(25)22(20(16)26)6-3-18(24)21-5-8-28-10-12-30-14-13-29-11-9-27-7-4-17(2)23/h16H,3-15H2,1-2H3,(H,21,24)/t16-/m0/s1. The van der Waals surface area contributed by atoms with Crippen LogP contribution in [0.3, 0.4) is 0 Å². The SMILES string of the molecule is CC(=O)CCOCCOCCOCCOCCNC(=O)CCN1C(=O)C[C@H](C)C1=O. The third-order valence-corrected chi connectivity index (χ3v) is 4.31. The molecule has 10 heteroatoms. The summed E-state index contributed by atoms with van der Waals surface area (Å²) in [7, 11) is 0. The van der Waals surface area contributed by atoms with E-state index >= 15 is 0 Å². The van der Waals surface area contributed by atoms with Crippen LogP contribution in [0.2, 0.25) is 0 Å². The van der Waals surface area contributed by atoms with Gasteiger partial charge in [-0.05, 0) is 6.92 Å². The molecule has 1 atom stereocenters. The lowest BCUT2D eigenvalue weighted by Crippen LogP contribution is -2.35. The summed E-state index contributed by atoms with van der Waals surface area (Å²) in [5.74, 6) is -0.833. The minimum atomic E-state index is -0.291. The number of ether oxygens (including phenoxy) is 4. The zero-order chi connectivity index (χ0) is 22.2. The second-order valence-electron chi connectivity index (χ2n) is 6.99. The lowest BCUT2D eigenvalue weighted by molar-refractivity contribution is -0.139. The molecule has 172 valence electrons. The van der Waals surface area contributed by atoms with Gasteiger partial charge in [-0.15, -0.1) is 0 Å². The third-order valence-electron chi connectivity index (χ3n) is 4.31. The maximum absolute atomic E-state index is 11.8. The first kappa shape index (κ1) is 26.2. The number of hydrogen-bond donors (Lipinski definition) is 1. The van der Waals surface area contributed by atoms with Crippen molar-refractivity contribution in [3.05, 3.63) is 0 Å². The van der Waals surface area contributed by atoms with Gasteiger partial charge in [0.1, 0.15) is 5.78 Å². The van der Waals surface area contributed by atoms with Gasteiger partial charge in [0, 0.05) is 38.3 Å². The van der Waals surface area contributed by atoms with Crippen molar-refractivity contribution < 1.29 is 38.1 Å². The molecule has 1 aliphatic rings. The minimum Gasteiger partial charge on any atom is -0.379 e. The molecule has 10 nitrogen and oxygen atoms in total. The van der Waals surface area contributed by atoms with Gasteiger partial charge >= 0.3 is 0 Å². The number of likely N-dealkylation sites (tertiary alicyclic amines) is 1. The van der Waals surface area contributed by atoms with Crippen LogP contribution in [0, 0.1) is 5.92 Å². The van der Waals surface area contributed by atoms with Gasteiger partial charge in [0.15, 0.2) is 0 Å². The third kappa shape index (κ3) is 12.0. The summed E-state index contributed by atoms with van der Waals surface area (Å²) >= 11 is 0. The number of nitrogens with zero attached hydrogens (tertiary/aromatic N) is 1. The van der Waals surface area contributed by atoms with Gasteiger partial charge < -0.3 is 24.3 Å². The largest absolute Gasteiger partial charge is 0.379 e. The van der Waals surface area contributed by atoms with Crippen LogP contribution < -0.4 is 5.32 Å². The summed E-state index contributed by atoms with van der Waals surface area (Å²) in [5.41, 5.74) is 0.